The van der Waals surface area contributed by atoms with Crippen molar-refractivity contribution >= 4 is 46.6 Å². The van der Waals surface area contributed by atoms with Gasteiger partial charge < -0.3 is 4.84 Å². The van der Waals surface area contributed by atoms with Crippen LogP contribution < -0.4 is 0 Å². The van der Waals surface area contributed by atoms with Gasteiger partial charge in [-0.2, -0.15) is 0 Å². The molecule has 120 valence electrons. The molecule has 0 amide bonds. The van der Waals surface area contributed by atoms with Gasteiger partial charge in [-0.1, -0.05) is 40.5 Å². The molecule has 0 saturated carbocycles. The minimum absolute atomic E-state index is 0.0845. The molecule has 24 heavy (non-hydrogen) atoms. The van der Waals surface area contributed by atoms with Gasteiger partial charge in [0, 0.05) is 22.7 Å². The van der Waals surface area contributed by atoms with Crippen LogP contribution in [0.15, 0.2) is 53.2 Å². The van der Waals surface area contributed by atoms with Crippen LogP contribution in [0.1, 0.15) is 11.1 Å². The Morgan fingerprint density at radius 3 is 2.67 bits per heavy atom. The van der Waals surface area contributed by atoms with Crippen molar-refractivity contribution in [2.75, 3.05) is 0 Å². The number of nitro groups is 1. The number of carbonyl (C=O) groups is 1. The maximum atomic E-state index is 12.0. The van der Waals surface area contributed by atoms with E-state index in [2.05, 4.69) is 5.16 Å². The molecule has 0 fully saturated rings. The molecule has 0 aliphatic carbocycles. The lowest BCUT2D eigenvalue weighted by Crippen LogP contribution is -2.07. The van der Waals surface area contributed by atoms with Crippen molar-refractivity contribution in [3.05, 3.63) is 79.3 Å². The fourth-order valence-electron chi connectivity index (χ4n) is 2.18. The van der Waals surface area contributed by atoms with E-state index in [0.29, 0.717) is 21.2 Å². The highest BCUT2D eigenvalue weighted by Gasteiger charge is 2.28. The number of nitro benzene ring substituents is 1. The number of hydrogen-bond donors (Lipinski definition) is 0. The predicted octanol–water partition coefficient (Wildman–Crippen LogP) is 4.25. The van der Waals surface area contributed by atoms with Crippen LogP contribution in [0.25, 0.3) is 6.08 Å². The summed E-state index contributed by atoms with van der Waals surface area (Å²) < 4.78 is 0. The van der Waals surface area contributed by atoms with E-state index in [4.69, 9.17) is 28.0 Å². The zero-order valence-electron chi connectivity index (χ0n) is 11.9. The predicted molar refractivity (Wildman–Crippen MR) is 90.2 cm³/mol. The molecule has 1 heterocycles. The lowest BCUT2D eigenvalue weighted by atomic mass is 10.0. The van der Waals surface area contributed by atoms with Crippen molar-refractivity contribution in [3.63, 3.8) is 0 Å². The molecule has 0 spiro atoms. The zero-order chi connectivity index (χ0) is 17.3. The quantitative estimate of drug-likeness (QED) is 0.353. The first-order valence-electron chi connectivity index (χ1n) is 6.67. The van der Waals surface area contributed by atoms with E-state index >= 15 is 0 Å². The lowest BCUT2D eigenvalue weighted by molar-refractivity contribution is -0.384. The molecule has 0 aromatic heterocycles. The molecule has 3 rings (SSSR count). The van der Waals surface area contributed by atoms with Gasteiger partial charge in [-0.3, -0.25) is 10.1 Å². The summed E-state index contributed by atoms with van der Waals surface area (Å²) in [5, 5.41) is 15.4. The van der Waals surface area contributed by atoms with E-state index in [0.717, 1.165) is 0 Å². The van der Waals surface area contributed by atoms with Gasteiger partial charge in [0.05, 0.1) is 15.5 Å². The second-order valence-electron chi connectivity index (χ2n) is 4.85. The third-order valence-corrected chi connectivity index (χ3v) is 3.82. The first-order chi connectivity index (χ1) is 11.5. The van der Waals surface area contributed by atoms with Gasteiger partial charge in [0.2, 0.25) is 0 Å². The van der Waals surface area contributed by atoms with E-state index < -0.39 is 10.9 Å². The van der Waals surface area contributed by atoms with Crippen LogP contribution in [0.3, 0.4) is 0 Å². The van der Waals surface area contributed by atoms with Crippen molar-refractivity contribution in [2.24, 2.45) is 5.16 Å². The molecule has 0 radical (unpaired) electrons. The van der Waals surface area contributed by atoms with Crippen LogP contribution >= 0.6 is 23.2 Å². The Balaban J connectivity index is 2.05. The molecule has 1 aliphatic heterocycles. The summed E-state index contributed by atoms with van der Waals surface area (Å²) in [5.41, 5.74) is 1.26. The number of oxime groups is 1. The zero-order valence-corrected chi connectivity index (χ0v) is 13.4. The first kappa shape index (κ1) is 16.2. The molecule has 2 aromatic carbocycles. The second-order valence-corrected chi connectivity index (χ2v) is 5.70. The maximum absolute atomic E-state index is 12.0. The van der Waals surface area contributed by atoms with Gasteiger partial charge in [0.15, 0.2) is 0 Å². The number of carbonyl (C=O) groups excluding carboxylic acids is 1. The molecule has 0 atom stereocenters. The molecule has 0 saturated heterocycles. The third-order valence-electron chi connectivity index (χ3n) is 3.27. The summed E-state index contributed by atoms with van der Waals surface area (Å²) in [6.07, 6.45) is 1.46. The molecule has 2 aromatic rings. The number of non-ortho nitro benzene ring substituents is 1. The van der Waals surface area contributed by atoms with Gasteiger partial charge in [-0.05, 0) is 29.8 Å². The maximum Gasteiger partial charge on any atom is 0.368 e. The third kappa shape index (κ3) is 3.15. The lowest BCUT2D eigenvalue weighted by Gasteiger charge is -2.04. The molecule has 8 heteroatoms. The molecule has 0 bridgehead atoms. The van der Waals surface area contributed by atoms with Crippen LogP contribution in [0, 0.1) is 10.1 Å². The van der Waals surface area contributed by atoms with Crippen molar-refractivity contribution in [2.45, 2.75) is 0 Å². The van der Waals surface area contributed by atoms with E-state index in [9.17, 15) is 14.9 Å². The number of nitrogens with zero attached hydrogens (tertiary/aromatic N) is 2. The number of rotatable bonds is 3. The van der Waals surface area contributed by atoms with Crippen LogP contribution in [-0.4, -0.2) is 16.6 Å². The number of hydrogen-bond acceptors (Lipinski definition) is 5. The Morgan fingerprint density at radius 2 is 1.96 bits per heavy atom. The summed E-state index contributed by atoms with van der Waals surface area (Å²) in [4.78, 5) is 27.0. The van der Waals surface area contributed by atoms with Crippen molar-refractivity contribution < 1.29 is 14.6 Å². The van der Waals surface area contributed by atoms with Gasteiger partial charge in [-0.25, -0.2) is 4.79 Å². The summed E-state index contributed by atoms with van der Waals surface area (Å²) in [6.45, 7) is 0. The fraction of sp³-hybridized carbons (Fsp3) is 0. The molecule has 0 unspecified atom stereocenters. The highest BCUT2D eigenvalue weighted by atomic mass is 35.5. The first-order valence-corrected chi connectivity index (χ1v) is 7.42. The SMILES string of the molecule is O=C1ON=C(c2ccc(Cl)cc2Cl)/C1=C/c1cccc([N+](=O)[O-])c1. The van der Waals surface area contributed by atoms with E-state index in [-0.39, 0.29) is 17.0 Å². The molecule has 6 nitrogen and oxygen atoms in total. The average molecular weight is 363 g/mol. The minimum Gasteiger partial charge on any atom is -0.312 e. The van der Waals surface area contributed by atoms with Gasteiger partial charge >= 0.3 is 5.97 Å². The monoisotopic (exact) mass is 362 g/mol. The Labute approximate surface area is 146 Å². The van der Waals surface area contributed by atoms with Crippen molar-refractivity contribution in [1.29, 1.82) is 0 Å². The van der Waals surface area contributed by atoms with E-state index in [1.165, 1.54) is 30.3 Å². The van der Waals surface area contributed by atoms with Gasteiger partial charge in [0.1, 0.15) is 5.71 Å². The topological polar surface area (TPSA) is 81.8 Å². The standard InChI is InChI=1S/C16H8Cl2N2O4/c17-10-4-5-12(14(18)8-10)15-13(16(21)24-19-15)7-9-2-1-3-11(6-9)20(22)23/h1-8H/b13-7-. The van der Waals surface area contributed by atoms with Crippen LogP contribution in [-0.2, 0) is 9.63 Å². The number of benzene rings is 2. The summed E-state index contributed by atoms with van der Waals surface area (Å²) in [5.74, 6) is -0.664. The molecular weight excluding hydrogens is 355 g/mol. The summed E-state index contributed by atoms with van der Waals surface area (Å²) in [6, 6.07) is 10.6. The van der Waals surface area contributed by atoms with Crippen molar-refractivity contribution in [3.8, 4) is 0 Å². The summed E-state index contributed by atoms with van der Waals surface area (Å²) in [7, 11) is 0. The molecule has 0 N–H and O–H groups in total. The Hall–Kier alpha value is -2.70. The van der Waals surface area contributed by atoms with Crippen LogP contribution in [0.4, 0.5) is 5.69 Å². The second kappa shape index (κ2) is 6.43. The number of halogens is 2. The Morgan fingerprint density at radius 1 is 1.17 bits per heavy atom. The van der Waals surface area contributed by atoms with E-state index in [1.54, 1.807) is 18.2 Å². The van der Waals surface area contributed by atoms with Gasteiger partial charge in [0.25, 0.3) is 5.69 Å². The molecule has 1 aliphatic rings. The van der Waals surface area contributed by atoms with Crippen LogP contribution in [0.2, 0.25) is 10.0 Å². The highest BCUT2D eigenvalue weighted by Crippen LogP contribution is 2.28. The Kier molecular flexibility index (Phi) is 4.33. The van der Waals surface area contributed by atoms with E-state index in [1.807, 2.05) is 0 Å². The highest BCUT2D eigenvalue weighted by molar-refractivity contribution is 6.40. The van der Waals surface area contributed by atoms with Crippen molar-refractivity contribution in [1.82, 2.24) is 0 Å². The largest absolute Gasteiger partial charge is 0.368 e. The Bertz CT molecular complexity index is 922. The average Bonchev–Trinajstić information content (AvgIpc) is 2.89. The molecular formula is C16H8Cl2N2O4. The summed E-state index contributed by atoms with van der Waals surface area (Å²) >= 11 is 12.0. The van der Waals surface area contributed by atoms with Crippen LogP contribution in [0.5, 0.6) is 0 Å². The normalized spacial score (nSPS) is 15.3. The smallest absolute Gasteiger partial charge is 0.312 e. The minimum atomic E-state index is -0.664. The fourth-order valence-corrected chi connectivity index (χ4v) is 2.68. The van der Waals surface area contributed by atoms with Gasteiger partial charge in [-0.15, -0.1) is 0 Å².